The van der Waals surface area contributed by atoms with Gasteiger partial charge in [-0.2, -0.15) is 5.10 Å². The molecule has 0 N–H and O–H groups in total. The van der Waals surface area contributed by atoms with Crippen molar-refractivity contribution in [2.75, 3.05) is 19.7 Å². The van der Waals surface area contributed by atoms with Gasteiger partial charge >= 0.3 is 0 Å². The Morgan fingerprint density at radius 3 is 3.18 bits per heavy atom. The number of rotatable bonds is 3. The van der Waals surface area contributed by atoms with E-state index in [4.69, 9.17) is 4.74 Å². The maximum absolute atomic E-state index is 5.85. The third-order valence-electron chi connectivity index (χ3n) is 4.09. The maximum atomic E-state index is 5.85. The molecule has 4 rings (SSSR count). The minimum atomic E-state index is -0.0249. The molecular formula is C15H18N6O. The average molecular weight is 298 g/mol. The van der Waals surface area contributed by atoms with Crippen molar-refractivity contribution < 1.29 is 4.74 Å². The fraction of sp³-hybridized carbons (Fsp3) is 0.400. The molecule has 0 aromatic carbocycles. The molecule has 7 nitrogen and oxygen atoms in total. The van der Waals surface area contributed by atoms with Crippen LogP contribution in [0.5, 0.6) is 0 Å². The first-order valence-electron chi connectivity index (χ1n) is 7.40. The van der Waals surface area contributed by atoms with Crippen molar-refractivity contribution in [2.24, 2.45) is 7.05 Å². The lowest BCUT2D eigenvalue weighted by atomic mass is 10.2. The zero-order valence-corrected chi connectivity index (χ0v) is 12.5. The second-order valence-corrected chi connectivity index (χ2v) is 5.59. The fourth-order valence-corrected chi connectivity index (χ4v) is 2.94. The van der Waals surface area contributed by atoms with Gasteiger partial charge in [0.15, 0.2) is 5.82 Å². The maximum Gasteiger partial charge on any atom is 0.163 e. The van der Waals surface area contributed by atoms with Crippen molar-refractivity contribution in [3.8, 4) is 0 Å². The molecule has 7 heteroatoms. The summed E-state index contributed by atoms with van der Waals surface area (Å²) in [5, 5.41) is 12.5. The monoisotopic (exact) mass is 298 g/mol. The first-order chi connectivity index (χ1) is 10.8. The fourth-order valence-electron chi connectivity index (χ4n) is 2.94. The van der Waals surface area contributed by atoms with Crippen molar-refractivity contribution in [1.82, 2.24) is 29.3 Å². The van der Waals surface area contributed by atoms with Crippen LogP contribution in [-0.2, 0) is 18.3 Å². The van der Waals surface area contributed by atoms with E-state index in [1.165, 1.54) is 5.56 Å². The molecule has 1 saturated heterocycles. The van der Waals surface area contributed by atoms with Crippen molar-refractivity contribution in [3.63, 3.8) is 0 Å². The minimum absolute atomic E-state index is 0.0249. The number of fused-ring (bicyclic) bond motifs is 1. The number of hydrogen-bond acceptors (Lipinski definition) is 5. The van der Waals surface area contributed by atoms with Crippen LogP contribution in [-0.4, -0.2) is 49.0 Å². The Bertz CT molecular complexity index is 779. The lowest BCUT2D eigenvalue weighted by molar-refractivity contribution is -0.0384. The van der Waals surface area contributed by atoms with Crippen molar-refractivity contribution >= 4 is 5.52 Å². The Labute approximate surface area is 128 Å². The summed E-state index contributed by atoms with van der Waals surface area (Å²) in [5.41, 5.74) is 2.39. The molecule has 0 aliphatic carbocycles. The van der Waals surface area contributed by atoms with Gasteiger partial charge in [-0.1, -0.05) is 6.07 Å². The summed E-state index contributed by atoms with van der Waals surface area (Å²) < 4.78 is 9.69. The Morgan fingerprint density at radius 2 is 2.32 bits per heavy atom. The van der Waals surface area contributed by atoms with Crippen LogP contribution < -0.4 is 0 Å². The lowest BCUT2D eigenvalue weighted by Crippen LogP contribution is -2.38. The highest BCUT2D eigenvalue weighted by atomic mass is 16.5. The van der Waals surface area contributed by atoms with Gasteiger partial charge in [-0.3, -0.25) is 4.90 Å². The predicted molar refractivity (Wildman–Crippen MR) is 80.2 cm³/mol. The van der Waals surface area contributed by atoms with E-state index in [9.17, 15) is 0 Å². The molecule has 3 aromatic heterocycles. The standard InChI is InChI=1S/C15H18N6O/c1-19-11-16-18-15(19)14-10-20(6-7-22-14)9-12-8-17-21-5-3-2-4-13(12)21/h2-5,8,11,14H,6-7,9-10H2,1H3/t14-/m0/s1. The largest absolute Gasteiger partial charge is 0.368 e. The molecule has 1 aliphatic heterocycles. The van der Waals surface area contributed by atoms with E-state index in [2.05, 4.69) is 26.3 Å². The Kier molecular flexibility index (Phi) is 3.36. The second kappa shape index (κ2) is 5.51. The van der Waals surface area contributed by atoms with E-state index in [0.717, 1.165) is 31.0 Å². The molecule has 22 heavy (non-hydrogen) atoms. The number of morpholine rings is 1. The highest BCUT2D eigenvalue weighted by Gasteiger charge is 2.25. The van der Waals surface area contributed by atoms with Crippen LogP contribution in [0.15, 0.2) is 36.9 Å². The molecule has 0 bridgehead atoms. The number of ether oxygens (including phenoxy) is 1. The molecule has 1 fully saturated rings. The van der Waals surface area contributed by atoms with Crippen molar-refractivity contribution in [1.29, 1.82) is 0 Å². The van der Waals surface area contributed by atoms with E-state index in [1.807, 2.05) is 40.7 Å². The van der Waals surface area contributed by atoms with Crippen LogP contribution in [0.3, 0.4) is 0 Å². The van der Waals surface area contributed by atoms with Gasteiger partial charge in [-0.25, -0.2) is 4.52 Å². The zero-order chi connectivity index (χ0) is 14.9. The van der Waals surface area contributed by atoms with Crippen molar-refractivity contribution in [3.05, 3.63) is 48.3 Å². The van der Waals surface area contributed by atoms with Gasteiger partial charge < -0.3 is 9.30 Å². The van der Waals surface area contributed by atoms with Gasteiger partial charge in [0.05, 0.1) is 18.3 Å². The highest BCUT2D eigenvalue weighted by molar-refractivity contribution is 5.53. The molecule has 1 atom stereocenters. The molecule has 0 unspecified atom stereocenters. The molecule has 0 spiro atoms. The summed E-state index contributed by atoms with van der Waals surface area (Å²) in [5.74, 6) is 0.879. The zero-order valence-electron chi connectivity index (χ0n) is 12.5. The summed E-state index contributed by atoms with van der Waals surface area (Å²) in [7, 11) is 1.95. The summed E-state index contributed by atoms with van der Waals surface area (Å²) in [6.07, 6.45) is 5.61. The smallest absolute Gasteiger partial charge is 0.163 e. The average Bonchev–Trinajstić information content (AvgIpc) is 3.15. The molecule has 4 heterocycles. The van der Waals surface area contributed by atoms with E-state index in [1.54, 1.807) is 6.33 Å². The Balaban J connectivity index is 1.52. The lowest BCUT2D eigenvalue weighted by Gasteiger charge is -2.32. The van der Waals surface area contributed by atoms with Gasteiger partial charge in [0, 0.05) is 38.4 Å². The highest BCUT2D eigenvalue weighted by Crippen LogP contribution is 2.22. The van der Waals surface area contributed by atoms with Gasteiger partial charge in [0.25, 0.3) is 0 Å². The predicted octanol–water partition coefficient (Wildman–Crippen LogP) is 1.04. The molecule has 3 aromatic rings. The normalized spacial score (nSPS) is 19.8. The van der Waals surface area contributed by atoms with E-state index in [0.29, 0.717) is 6.61 Å². The minimum Gasteiger partial charge on any atom is -0.368 e. The van der Waals surface area contributed by atoms with Gasteiger partial charge in [-0.15, -0.1) is 10.2 Å². The van der Waals surface area contributed by atoms with Crippen molar-refractivity contribution in [2.45, 2.75) is 12.6 Å². The van der Waals surface area contributed by atoms with Gasteiger partial charge in [0.1, 0.15) is 12.4 Å². The van der Waals surface area contributed by atoms with Crippen LogP contribution in [0.4, 0.5) is 0 Å². The van der Waals surface area contributed by atoms with E-state index < -0.39 is 0 Å². The van der Waals surface area contributed by atoms with E-state index in [-0.39, 0.29) is 6.10 Å². The first-order valence-corrected chi connectivity index (χ1v) is 7.40. The summed E-state index contributed by atoms with van der Waals surface area (Å²) in [4.78, 5) is 2.38. The number of aryl methyl sites for hydroxylation is 1. The third-order valence-corrected chi connectivity index (χ3v) is 4.09. The number of pyridine rings is 1. The van der Waals surface area contributed by atoms with Crippen LogP contribution in [0.2, 0.25) is 0 Å². The second-order valence-electron chi connectivity index (χ2n) is 5.59. The summed E-state index contributed by atoms with van der Waals surface area (Å²) in [6.45, 7) is 3.30. The molecule has 0 saturated carbocycles. The molecule has 0 radical (unpaired) electrons. The van der Waals surface area contributed by atoms with Gasteiger partial charge in [0.2, 0.25) is 0 Å². The third kappa shape index (κ3) is 2.38. The van der Waals surface area contributed by atoms with E-state index >= 15 is 0 Å². The topological polar surface area (TPSA) is 60.5 Å². The van der Waals surface area contributed by atoms with Crippen LogP contribution in [0.25, 0.3) is 5.52 Å². The quantitative estimate of drug-likeness (QED) is 0.723. The number of aromatic nitrogens is 5. The molecule has 114 valence electrons. The van der Waals surface area contributed by atoms with Crippen LogP contribution in [0, 0.1) is 0 Å². The summed E-state index contributed by atoms with van der Waals surface area (Å²) >= 11 is 0. The van der Waals surface area contributed by atoms with Gasteiger partial charge in [-0.05, 0) is 12.1 Å². The van der Waals surface area contributed by atoms with Crippen LogP contribution >= 0.6 is 0 Å². The molecule has 1 aliphatic rings. The number of nitrogens with zero attached hydrogens (tertiary/aromatic N) is 6. The van der Waals surface area contributed by atoms with Crippen LogP contribution in [0.1, 0.15) is 17.5 Å². The molecule has 0 amide bonds. The number of hydrogen-bond donors (Lipinski definition) is 0. The SMILES string of the molecule is Cn1cnnc1[C@@H]1CN(Cc2cnn3ccccc23)CCO1. The first kappa shape index (κ1) is 13.4. The Morgan fingerprint density at radius 1 is 1.36 bits per heavy atom. The Hall–Kier alpha value is -2.25. The molecular weight excluding hydrogens is 280 g/mol. The summed E-state index contributed by atoms with van der Waals surface area (Å²) in [6, 6.07) is 6.13.